The van der Waals surface area contributed by atoms with Crippen molar-refractivity contribution in [2.24, 2.45) is 0 Å². The molecule has 0 aliphatic carbocycles. The predicted molar refractivity (Wildman–Crippen MR) is 144 cm³/mol. The van der Waals surface area contributed by atoms with Gasteiger partial charge in [0.2, 0.25) is 5.91 Å². The van der Waals surface area contributed by atoms with Crippen LogP contribution in [-0.4, -0.2) is 34.8 Å². The molecule has 1 aromatic heterocycles. The van der Waals surface area contributed by atoms with Crippen LogP contribution < -0.4 is 0 Å². The van der Waals surface area contributed by atoms with Gasteiger partial charge in [-0.15, -0.1) is 0 Å². The van der Waals surface area contributed by atoms with Gasteiger partial charge in [-0.1, -0.05) is 82.3 Å². The quantitative estimate of drug-likeness (QED) is 0.308. The van der Waals surface area contributed by atoms with Crippen molar-refractivity contribution in [1.29, 1.82) is 0 Å². The summed E-state index contributed by atoms with van der Waals surface area (Å²) in [5.41, 5.74) is 3.93. The molecule has 4 heteroatoms. The minimum Gasteiger partial charge on any atom is -0.464 e. The lowest BCUT2D eigenvalue weighted by Gasteiger charge is -2.31. The van der Waals surface area contributed by atoms with Crippen LogP contribution in [0.3, 0.4) is 0 Å². The summed E-state index contributed by atoms with van der Waals surface area (Å²) in [6.45, 7) is 15.3. The van der Waals surface area contributed by atoms with Crippen molar-refractivity contribution in [2.75, 3.05) is 13.1 Å². The topological polar surface area (TPSA) is 36.7 Å². The van der Waals surface area contributed by atoms with Gasteiger partial charge in [-0.2, -0.15) is 0 Å². The first kappa shape index (κ1) is 26.7. The Balaban J connectivity index is 1.73. The van der Waals surface area contributed by atoms with E-state index in [9.17, 15) is 4.79 Å². The van der Waals surface area contributed by atoms with E-state index in [1.54, 1.807) is 0 Å². The van der Waals surface area contributed by atoms with Gasteiger partial charge in [-0.25, -0.2) is 0 Å². The number of hydrogen-bond donors (Lipinski definition) is 0. The maximum atomic E-state index is 13.6. The molecule has 2 aromatic carbocycles. The van der Waals surface area contributed by atoms with Crippen molar-refractivity contribution < 1.29 is 9.21 Å². The Morgan fingerprint density at radius 1 is 0.914 bits per heavy atom. The van der Waals surface area contributed by atoms with Crippen LogP contribution in [-0.2, 0) is 29.7 Å². The molecule has 3 rings (SSSR count). The number of carbonyl (C=O) groups excluding carboxylic acids is 1. The van der Waals surface area contributed by atoms with Crippen LogP contribution in [0.1, 0.15) is 69.3 Å². The molecule has 4 nitrogen and oxygen atoms in total. The molecule has 0 unspecified atom stereocenters. The van der Waals surface area contributed by atoms with Gasteiger partial charge in [-0.05, 0) is 60.9 Å². The van der Waals surface area contributed by atoms with Crippen molar-refractivity contribution in [3.8, 4) is 0 Å². The third-order valence-corrected chi connectivity index (χ3v) is 6.77. The third-order valence-electron chi connectivity index (χ3n) is 6.77. The summed E-state index contributed by atoms with van der Waals surface area (Å²) in [6.07, 6.45) is 1.82. The van der Waals surface area contributed by atoms with Crippen LogP contribution in [0.4, 0.5) is 0 Å². The van der Waals surface area contributed by atoms with Gasteiger partial charge in [-0.3, -0.25) is 9.69 Å². The molecular weight excluding hydrogens is 432 g/mol. The zero-order chi connectivity index (χ0) is 25.4. The van der Waals surface area contributed by atoms with Gasteiger partial charge in [0.15, 0.2) is 0 Å². The van der Waals surface area contributed by atoms with Gasteiger partial charge in [0.1, 0.15) is 11.5 Å². The number of carbonyl (C=O) groups is 1. The second kappa shape index (κ2) is 12.2. The highest BCUT2D eigenvalue weighted by Gasteiger charge is 2.22. The molecule has 0 spiro atoms. The van der Waals surface area contributed by atoms with Crippen LogP contribution in [0.25, 0.3) is 0 Å². The number of hydrogen-bond acceptors (Lipinski definition) is 3. The molecule has 0 bridgehead atoms. The van der Waals surface area contributed by atoms with E-state index < -0.39 is 0 Å². The van der Waals surface area contributed by atoms with E-state index in [0.29, 0.717) is 25.7 Å². The van der Waals surface area contributed by atoms with E-state index in [1.165, 1.54) is 16.7 Å². The molecule has 0 fully saturated rings. The minimum atomic E-state index is 0.133. The number of benzene rings is 2. The Labute approximate surface area is 211 Å². The zero-order valence-electron chi connectivity index (χ0n) is 22.4. The van der Waals surface area contributed by atoms with Crippen LogP contribution in [0, 0.1) is 6.92 Å². The molecule has 0 N–H and O–H groups in total. The molecule has 35 heavy (non-hydrogen) atoms. The Hall–Kier alpha value is -2.85. The summed E-state index contributed by atoms with van der Waals surface area (Å²) in [4.78, 5) is 17.9. The maximum absolute atomic E-state index is 13.6. The highest BCUT2D eigenvalue weighted by Crippen LogP contribution is 2.23. The maximum Gasteiger partial charge on any atom is 0.237 e. The van der Waals surface area contributed by atoms with E-state index in [-0.39, 0.29) is 11.3 Å². The van der Waals surface area contributed by atoms with Gasteiger partial charge in [0.05, 0.1) is 13.1 Å². The van der Waals surface area contributed by atoms with Crippen molar-refractivity contribution in [2.45, 2.75) is 78.9 Å². The molecule has 188 valence electrons. The summed E-state index contributed by atoms with van der Waals surface area (Å²) in [5.74, 6) is 1.84. The predicted octanol–water partition coefficient (Wildman–Crippen LogP) is 6.76. The van der Waals surface area contributed by atoms with Crippen molar-refractivity contribution in [1.82, 2.24) is 9.80 Å². The van der Waals surface area contributed by atoms with E-state index in [2.05, 4.69) is 75.9 Å². The minimum absolute atomic E-state index is 0.133. The summed E-state index contributed by atoms with van der Waals surface area (Å²) >= 11 is 0. The van der Waals surface area contributed by atoms with Gasteiger partial charge in [0, 0.05) is 19.1 Å². The average Bonchev–Trinajstić information content (AvgIpc) is 3.25. The molecule has 3 aromatic rings. The fourth-order valence-electron chi connectivity index (χ4n) is 4.20. The molecule has 0 aliphatic heterocycles. The molecule has 1 amide bonds. The Bertz CT molecular complexity index is 1050. The second-order valence-corrected chi connectivity index (χ2v) is 10.7. The fraction of sp³-hybridized carbons (Fsp3) is 0.452. The summed E-state index contributed by atoms with van der Waals surface area (Å²) in [7, 11) is 0. The van der Waals surface area contributed by atoms with Crippen LogP contribution >= 0.6 is 0 Å². The summed E-state index contributed by atoms with van der Waals surface area (Å²) < 4.78 is 5.82. The zero-order valence-corrected chi connectivity index (χ0v) is 22.4. The lowest BCUT2D eigenvalue weighted by molar-refractivity contribution is -0.134. The first-order valence-corrected chi connectivity index (χ1v) is 12.9. The molecule has 1 heterocycles. The van der Waals surface area contributed by atoms with Crippen molar-refractivity contribution in [3.63, 3.8) is 0 Å². The largest absolute Gasteiger partial charge is 0.464 e. The normalized spacial score (nSPS) is 12.7. The highest BCUT2D eigenvalue weighted by atomic mass is 16.3. The second-order valence-electron chi connectivity index (χ2n) is 10.7. The van der Waals surface area contributed by atoms with E-state index in [1.807, 2.05) is 42.2 Å². The monoisotopic (exact) mass is 474 g/mol. The van der Waals surface area contributed by atoms with Crippen LogP contribution in [0.5, 0.6) is 0 Å². The number of amides is 1. The van der Waals surface area contributed by atoms with E-state index >= 15 is 0 Å². The van der Waals surface area contributed by atoms with E-state index in [0.717, 1.165) is 30.9 Å². The number of aryl methyl sites for hydroxylation is 1. The smallest absolute Gasteiger partial charge is 0.237 e. The average molecular weight is 475 g/mol. The van der Waals surface area contributed by atoms with Gasteiger partial charge >= 0.3 is 0 Å². The van der Waals surface area contributed by atoms with E-state index in [4.69, 9.17) is 4.42 Å². The van der Waals surface area contributed by atoms with Gasteiger partial charge in [0.25, 0.3) is 0 Å². The summed E-state index contributed by atoms with van der Waals surface area (Å²) in [5, 5.41) is 0. The van der Waals surface area contributed by atoms with Crippen molar-refractivity contribution in [3.05, 3.63) is 94.9 Å². The molecular formula is C31H42N2O2. The Morgan fingerprint density at radius 3 is 2.17 bits per heavy atom. The van der Waals surface area contributed by atoms with Crippen LogP contribution in [0.15, 0.2) is 71.1 Å². The Morgan fingerprint density at radius 2 is 1.60 bits per heavy atom. The van der Waals surface area contributed by atoms with Crippen LogP contribution in [0.2, 0.25) is 0 Å². The molecule has 0 saturated heterocycles. The standard InChI is InChI=1S/C31H42N2O2/c1-7-24(2)33(21-27-14-16-28(17-15-27)31(4,5)6)23-30(34)32(22-29-18-13-25(3)35-29)20-19-26-11-9-8-10-12-26/h8-18,24H,7,19-23H2,1-6H3/t24-/m0/s1. The highest BCUT2D eigenvalue weighted by molar-refractivity contribution is 5.78. The molecule has 1 atom stereocenters. The third kappa shape index (κ3) is 8.10. The molecule has 0 aliphatic rings. The fourth-order valence-corrected chi connectivity index (χ4v) is 4.20. The first-order valence-electron chi connectivity index (χ1n) is 12.9. The summed E-state index contributed by atoms with van der Waals surface area (Å²) in [6, 6.07) is 23.5. The SMILES string of the molecule is CC[C@H](C)N(CC(=O)N(CCc1ccccc1)Cc1ccc(C)o1)Cc1ccc(C(C)(C)C)cc1. The first-order chi connectivity index (χ1) is 16.7. The number of furan rings is 1. The Kier molecular flexibility index (Phi) is 9.33. The number of nitrogens with zero attached hydrogens (tertiary/aromatic N) is 2. The molecule has 0 radical (unpaired) electrons. The lowest BCUT2D eigenvalue weighted by atomic mass is 9.86. The van der Waals surface area contributed by atoms with Gasteiger partial charge < -0.3 is 9.32 Å². The number of rotatable bonds is 11. The molecule has 0 saturated carbocycles. The van der Waals surface area contributed by atoms with Crippen molar-refractivity contribution >= 4 is 5.91 Å². The lowest BCUT2D eigenvalue weighted by Crippen LogP contribution is -2.43.